The second-order valence-corrected chi connectivity index (χ2v) is 6.08. The van der Waals surface area contributed by atoms with Crippen LogP contribution in [0.3, 0.4) is 0 Å². The lowest BCUT2D eigenvalue weighted by molar-refractivity contribution is -0.145. The van der Waals surface area contributed by atoms with Gasteiger partial charge in [-0.3, -0.25) is 4.79 Å². The Hall–Kier alpha value is -0.530. The van der Waals surface area contributed by atoms with Crippen LogP contribution < -0.4 is 0 Å². The van der Waals surface area contributed by atoms with Crippen molar-refractivity contribution in [1.82, 2.24) is 0 Å². The number of fused-ring (bicyclic) bond motifs is 1. The van der Waals surface area contributed by atoms with E-state index in [0.29, 0.717) is 11.3 Å². The number of unbranched alkanes of at least 4 members (excludes halogenated alkanes) is 1. The molecule has 4 atom stereocenters. The van der Waals surface area contributed by atoms with E-state index in [2.05, 4.69) is 13.8 Å². The van der Waals surface area contributed by atoms with Crippen molar-refractivity contribution in [3.05, 3.63) is 0 Å². The summed E-state index contributed by atoms with van der Waals surface area (Å²) >= 11 is 0. The molecule has 1 saturated heterocycles. The van der Waals surface area contributed by atoms with Gasteiger partial charge in [0.2, 0.25) is 0 Å². The van der Waals surface area contributed by atoms with E-state index in [1.807, 2.05) is 6.92 Å². The third-order valence-corrected chi connectivity index (χ3v) is 4.67. The fourth-order valence-electron chi connectivity index (χ4n) is 3.40. The van der Waals surface area contributed by atoms with Crippen LogP contribution in [0.1, 0.15) is 59.3 Å². The van der Waals surface area contributed by atoms with E-state index in [1.165, 1.54) is 32.1 Å². The van der Waals surface area contributed by atoms with Crippen LogP contribution >= 0.6 is 0 Å². The molecule has 1 heterocycles. The third-order valence-electron chi connectivity index (χ3n) is 4.67. The molecule has 92 valence electrons. The van der Waals surface area contributed by atoms with Crippen molar-refractivity contribution >= 4 is 5.97 Å². The molecule has 2 rings (SSSR count). The van der Waals surface area contributed by atoms with Gasteiger partial charge in [-0.1, -0.05) is 33.6 Å². The summed E-state index contributed by atoms with van der Waals surface area (Å²) in [5.41, 5.74) is 0.418. The number of rotatable bonds is 3. The Morgan fingerprint density at radius 3 is 2.94 bits per heavy atom. The van der Waals surface area contributed by atoms with E-state index in [0.717, 1.165) is 6.42 Å². The highest BCUT2D eigenvalue weighted by atomic mass is 16.6. The minimum Gasteiger partial charge on any atom is -0.462 e. The maximum atomic E-state index is 11.5. The van der Waals surface area contributed by atoms with Crippen molar-refractivity contribution in [3.63, 3.8) is 0 Å². The Bertz CT molecular complexity index is 274. The molecule has 2 fully saturated rings. The topological polar surface area (TPSA) is 26.3 Å². The lowest BCUT2D eigenvalue weighted by Gasteiger charge is -2.39. The molecule has 1 aliphatic carbocycles. The first-order valence-electron chi connectivity index (χ1n) is 6.76. The summed E-state index contributed by atoms with van der Waals surface area (Å²) in [6.45, 7) is 6.64. The summed E-state index contributed by atoms with van der Waals surface area (Å²) in [6, 6.07) is 0. The molecule has 0 spiro atoms. The van der Waals surface area contributed by atoms with Crippen molar-refractivity contribution in [2.45, 2.75) is 65.4 Å². The number of ether oxygens (including phenoxy) is 1. The highest BCUT2D eigenvalue weighted by Crippen LogP contribution is 2.48. The maximum Gasteiger partial charge on any atom is 0.309 e. The van der Waals surface area contributed by atoms with Gasteiger partial charge in [0.15, 0.2) is 0 Å². The summed E-state index contributed by atoms with van der Waals surface area (Å²) in [7, 11) is 0. The molecule has 16 heavy (non-hydrogen) atoms. The monoisotopic (exact) mass is 224 g/mol. The largest absolute Gasteiger partial charge is 0.462 e. The highest BCUT2D eigenvalue weighted by molar-refractivity contribution is 5.74. The van der Waals surface area contributed by atoms with Gasteiger partial charge in [-0.05, 0) is 31.1 Å². The Morgan fingerprint density at radius 1 is 1.50 bits per heavy atom. The molecule has 0 bridgehead atoms. The summed E-state index contributed by atoms with van der Waals surface area (Å²) in [5, 5.41) is 0. The van der Waals surface area contributed by atoms with Crippen LogP contribution in [0.4, 0.5) is 0 Å². The molecule has 1 aliphatic heterocycles. The SMILES string of the molecule is CCCCC1(C)CC[C@H]2[C@H](C1)OC(=O)[C@H]2C. The lowest BCUT2D eigenvalue weighted by Crippen LogP contribution is -2.34. The van der Waals surface area contributed by atoms with Crippen LogP contribution in [-0.4, -0.2) is 12.1 Å². The number of carbonyl (C=O) groups excluding carboxylic acids is 1. The first-order valence-corrected chi connectivity index (χ1v) is 6.76. The Labute approximate surface area is 98.7 Å². The summed E-state index contributed by atoms with van der Waals surface area (Å²) in [4.78, 5) is 11.5. The van der Waals surface area contributed by atoms with Gasteiger partial charge in [0.1, 0.15) is 6.10 Å². The Balaban J connectivity index is 1.98. The van der Waals surface area contributed by atoms with Crippen LogP contribution in [0.25, 0.3) is 0 Å². The molecular formula is C14H24O2. The average Bonchev–Trinajstić information content (AvgIpc) is 2.51. The molecule has 2 aliphatic rings. The zero-order valence-corrected chi connectivity index (χ0v) is 10.8. The van der Waals surface area contributed by atoms with Gasteiger partial charge < -0.3 is 4.74 Å². The zero-order valence-electron chi connectivity index (χ0n) is 10.8. The van der Waals surface area contributed by atoms with Crippen LogP contribution in [0.15, 0.2) is 0 Å². The molecule has 0 aromatic rings. The first kappa shape index (κ1) is 11.9. The standard InChI is InChI=1S/C14H24O2/c1-4-5-7-14(3)8-6-11-10(2)13(15)16-12(11)9-14/h10-12H,4-9H2,1-3H3/t10-,11+,12-,14?/m0/s1. The predicted octanol–water partition coefficient (Wildman–Crippen LogP) is 3.54. The van der Waals surface area contributed by atoms with Gasteiger partial charge in [0.05, 0.1) is 5.92 Å². The minimum absolute atomic E-state index is 0.0368. The lowest BCUT2D eigenvalue weighted by atomic mass is 9.66. The van der Waals surface area contributed by atoms with Crippen LogP contribution in [0.2, 0.25) is 0 Å². The van der Waals surface area contributed by atoms with Crippen molar-refractivity contribution < 1.29 is 9.53 Å². The second kappa shape index (κ2) is 4.38. The normalized spacial score (nSPS) is 42.9. The van der Waals surface area contributed by atoms with E-state index >= 15 is 0 Å². The molecule has 1 unspecified atom stereocenters. The minimum atomic E-state index is 0.0368. The van der Waals surface area contributed by atoms with Crippen molar-refractivity contribution in [1.29, 1.82) is 0 Å². The fourth-order valence-corrected chi connectivity index (χ4v) is 3.40. The molecule has 0 radical (unpaired) electrons. The van der Waals surface area contributed by atoms with E-state index in [1.54, 1.807) is 0 Å². The van der Waals surface area contributed by atoms with Crippen LogP contribution in [0.5, 0.6) is 0 Å². The van der Waals surface area contributed by atoms with Crippen molar-refractivity contribution in [3.8, 4) is 0 Å². The highest BCUT2D eigenvalue weighted by Gasteiger charge is 2.48. The quantitative estimate of drug-likeness (QED) is 0.685. The summed E-state index contributed by atoms with van der Waals surface area (Å²) in [5.74, 6) is 0.678. The molecule has 2 nitrogen and oxygen atoms in total. The van der Waals surface area contributed by atoms with Gasteiger partial charge in [0.25, 0.3) is 0 Å². The molecule has 0 aromatic heterocycles. The van der Waals surface area contributed by atoms with Gasteiger partial charge >= 0.3 is 5.97 Å². The average molecular weight is 224 g/mol. The van der Waals surface area contributed by atoms with Gasteiger partial charge in [-0.2, -0.15) is 0 Å². The summed E-state index contributed by atoms with van der Waals surface area (Å²) in [6.07, 6.45) is 7.62. The fraction of sp³-hybridized carbons (Fsp3) is 0.929. The smallest absolute Gasteiger partial charge is 0.309 e. The van der Waals surface area contributed by atoms with Gasteiger partial charge in [0, 0.05) is 5.92 Å². The third kappa shape index (κ3) is 2.11. The van der Waals surface area contributed by atoms with Crippen LogP contribution in [-0.2, 0) is 9.53 Å². The first-order chi connectivity index (χ1) is 7.56. The Kier molecular flexibility index (Phi) is 3.27. The number of hydrogen-bond donors (Lipinski definition) is 0. The van der Waals surface area contributed by atoms with E-state index in [4.69, 9.17) is 4.74 Å². The maximum absolute atomic E-state index is 11.5. The van der Waals surface area contributed by atoms with Gasteiger partial charge in [-0.15, -0.1) is 0 Å². The van der Waals surface area contributed by atoms with Gasteiger partial charge in [-0.25, -0.2) is 0 Å². The number of esters is 1. The predicted molar refractivity (Wildman–Crippen MR) is 64.0 cm³/mol. The van der Waals surface area contributed by atoms with E-state index < -0.39 is 0 Å². The number of carbonyl (C=O) groups is 1. The second-order valence-electron chi connectivity index (χ2n) is 6.08. The molecule has 2 heteroatoms. The Morgan fingerprint density at radius 2 is 2.25 bits per heavy atom. The zero-order chi connectivity index (χ0) is 11.8. The molecule has 1 saturated carbocycles. The molecule has 0 amide bonds. The molecule has 0 aromatic carbocycles. The molecule has 0 N–H and O–H groups in total. The number of hydrogen-bond acceptors (Lipinski definition) is 2. The molecular weight excluding hydrogens is 200 g/mol. The van der Waals surface area contributed by atoms with E-state index in [-0.39, 0.29) is 18.0 Å². The van der Waals surface area contributed by atoms with Crippen LogP contribution in [0, 0.1) is 17.3 Å². The van der Waals surface area contributed by atoms with E-state index in [9.17, 15) is 4.79 Å². The summed E-state index contributed by atoms with van der Waals surface area (Å²) < 4.78 is 5.51. The van der Waals surface area contributed by atoms with Crippen molar-refractivity contribution in [2.24, 2.45) is 17.3 Å². The van der Waals surface area contributed by atoms with Crippen molar-refractivity contribution in [2.75, 3.05) is 0 Å².